The number of carbonyl (C=O) groups excluding carboxylic acids is 1. The van der Waals surface area contributed by atoms with Crippen molar-refractivity contribution in [2.24, 2.45) is 0 Å². The summed E-state index contributed by atoms with van der Waals surface area (Å²) in [5.74, 6) is 0.0888. The van der Waals surface area contributed by atoms with Crippen LogP contribution >= 0.6 is 35.6 Å². The SMILES string of the molecule is Cl.O.O=C(c1ccccc1)N1CCCC(CCCN2CCC(OCCO)(c3ccccc3)CC2)(c2ccc(Cl)c(Cl)c2)C1. The summed E-state index contributed by atoms with van der Waals surface area (Å²) in [7, 11) is 0. The van der Waals surface area contributed by atoms with E-state index in [1.165, 1.54) is 5.56 Å². The molecule has 43 heavy (non-hydrogen) atoms. The normalized spacial score (nSPS) is 20.1. The van der Waals surface area contributed by atoms with E-state index in [1.807, 2.05) is 53.4 Å². The molecule has 3 aromatic rings. The highest BCUT2D eigenvalue weighted by Crippen LogP contribution is 2.42. The average molecular weight is 650 g/mol. The maximum atomic E-state index is 13.5. The van der Waals surface area contributed by atoms with Crippen molar-refractivity contribution in [1.82, 2.24) is 9.80 Å². The lowest BCUT2D eigenvalue weighted by molar-refractivity contribution is -0.0986. The molecule has 234 valence electrons. The Balaban J connectivity index is 0.00000253. The highest BCUT2D eigenvalue weighted by atomic mass is 35.5. The molecule has 0 radical (unpaired) electrons. The van der Waals surface area contributed by atoms with Crippen LogP contribution in [0.3, 0.4) is 0 Å². The molecule has 0 aromatic heterocycles. The Kier molecular flexibility index (Phi) is 13.3. The molecule has 2 aliphatic rings. The van der Waals surface area contributed by atoms with Crippen molar-refractivity contribution in [2.75, 3.05) is 45.9 Å². The van der Waals surface area contributed by atoms with E-state index in [9.17, 15) is 9.90 Å². The van der Waals surface area contributed by atoms with Gasteiger partial charge >= 0.3 is 0 Å². The number of aliphatic hydroxyl groups excluding tert-OH is 1. The number of likely N-dealkylation sites (tertiary alicyclic amines) is 2. The summed E-state index contributed by atoms with van der Waals surface area (Å²) >= 11 is 12.8. The van der Waals surface area contributed by atoms with Crippen LogP contribution in [0.1, 0.15) is 60.0 Å². The van der Waals surface area contributed by atoms with Gasteiger partial charge in [0.15, 0.2) is 0 Å². The number of carbonyl (C=O) groups is 1. The molecular formula is C34H43Cl3N2O4. The largest absolute Gasteiger partial charge is 0.412 e. The summed E-state index contributed by atoms with van der Waals surface area (Å²) in [6.07, 6.45) is 5.73. The first-order valence-electron chi connectivity index (χ1n) is 14.8. The van der Waals surface area contributed by atoms with Crippen LogP contribution in [-0.4, -0.2) is 72.2 Å². The zero-order valence-corrected chi connectivity index (χ0v) is 26.8. The molecule has 6 nitrogen and oxygen atoms in total. The Labute approximate surface area is 271 Å². The summed E-state index contributed by atoms with van der Waals surface area (Å²) in [5, 5.41) is 10.6. The molecule has 2 aliphatic heterocycles. The van der Waals surface area contributed by atoms with Crippen LogP contribution in [-0.2, 0) is 15.8 Å². The Morgan fingerprint density at radius 1 is 0.860 bits per heavy atom. The van der Waals surface area contributed by atoms with Crippen molar-refractivity contribution >= 4 is 41.5 Å². The highest BCUT2D eigenvalue weighted by molar-refractivity contribution is 6.42. The van der Waals surface area contributed by atoms with Gasteiger partial charge in [0.1, 0.15) is 0 Å². The summed E-state index contributed by atoms with van der Waals surface area (Å²) in [4.78, 5) is 18.0. The van der Waals surface area contributed by atoms with Crippen LogP contribution in [0.2, 0.25) is 10.0 Å². The number of amides is 1. The summed E-state index contributed by atoms with van der Waals surface area (Å²) < 4.78 is 6.28. The van der Waals surface area contributed by atoms with Crippen molar-refractivity contribution in [2.45, 2.75) is 49.5 Å². The van der Waals surface area contributed by atoms with Crippen LogP contribution in [0.25, 0.3) is 0 Å². The summed E-state index contributed by atoms with van der Waals surface area (Å²) in [5.41, 5.74) is 2.57. The number of rotatable bonds is 10. The summed E-state index contributed by atoms with van der Waals surface area (Å²) in [6.45, 7) is 4.68. The van der Waals surface area contributed by atoms with Gasteiger partial charge in [-0.2, -0.15) is 0 Å². The molecule has 2 heterocycles. The fourth-order valence-corrected chi connectivity index (χ4v) is 7.05. The van der Waals surface area contributed by atoms with Gasteiger partial charge in [-0.1, -0.05) is 77.8 Å². The fourth-order valence-electron chi connectivity index (χ4n) is 6.76. The maximum Gasteiger partial charge on any atom is 0.253 e. The number of aliphatic hydroxyl groups is 1. The third-order valence-electron chi connectivity index (χ3n) is 8.98. The second-order valence-electron chi connectivity index (χ2n) is 11.5. The molecule has 0 saturated carbocycles. The molecule has 5 rings (SSSR count). The molecule has 1 unspecified atom stereocenters. The number of hydrogen-bond acceptors (Lipinski definition) is 4. The Hall–Kier alpha value is -2.16. The average Bonchev–Trinajstić information content (AvgIpc) is 3.02. The first-order chi connectivity index (χ1) is 19.9. The molecule has 0 aliphatic carbocycles. The van der Waals surface area contributed by atoms with Gasteiger partial charge in [-0.25, -0.2) is 0 Å². The molecule has 0 bridgehead atoms. The van der Waals surface area contributed by atoms with Gasteiger partial charge in [-0.15, -0.1) is 12.4 Å². The maximum absolute atomic E-state index is 13.5. The molecule has 2 fully saturated rings. The van der Waals surface area contributed by atoms with Crippen molar-refractivity contribution in [3.05, 3.63) is 106 Å². The van der Waals surface area contributed by atoms with Crippen molar-refractivity contribution in [1.29, 1.82) is 0 Å². The predicted molar refractivity (Wildman–Crippen MR) is 177 cm³/mol. The van der Waals surface area contributed by atoms with Crippen molar-refractivity contribution < 1.29 is 20.1 Å². The second-order valence-corrected chi connectivity index (χ2v) is 12.3. The van der Waals surface area contributed by atoms with E-state index in [4.69, 9.17) is 27.9 Å². The van der Waals surface area contributed by atoms with Crippen LogP contribution < -0.4 is 0 Å². The number of halogens is 3. The molecule has 3 aromatic carbocycles. The highest BCUT2D eigenvalue weighted by Gasteiger charge is 2.40. The van der Waals surface area contributed by atoms with Crippen LogP contribution in [0, 0.1) is 0 Å². The van der Waals surface area contributed by atoms with Gasteiger partial charge in [0.25, 0.3) is 5.91 Å². The predicted octanol–water partition coefficient (Wildman–Crippen LogP) is 6.54. The minimum absolute atomic E-state index is 0. The minimum Gasteiger partial charge on any atom is -0.412 e. The van der Waals surface area contributed by atoms with E-state index in [1.54, 1.807) is 0 Å². The zero-order chi connectivity index (χ0) is 28.7. The first kappa shape index (κ1) is 35.3. The Morgan fingerprint density at radius 2 is 1.53 bits per heavy atom. The smallest absolute Gasteiger partial charge is 0.253 e. The molecule has 0 spiro atoms. The molecule has 3 N–H and O–H groups in total. The van der Waals surface area contributed by atoms with Crippen LogP contribution in [0.4, 0.5) is 0 Å². The van der Waals surface area contributed by atoms with E-state index >= 15 is 0 Å². The monoisotopic (exact) mass is 648 g/mol. The second kappa shape index (κ2) is 16.2. The Bertz CT molecular complexity index is 1290. The lowest BCUT2D eigenvalue weighted by atomic mass is 9.70. The van der Waals surface area contributed by atoms with Gasteiger partial charge < -0.3 is 25.1 Å². The number of hydrogen-bond donors (Lipinski definition) is 1. The van der Waals surface area contributed by atoms with E-state index in [-0.39, 0.29) is 41.4 Å². The summed E-state index contributed by atoms with van der Waals surface area (Å²) in [6, 6.07) is 26.0. The molecule has 1 atom stereocenters. The third kappa shape index (κ3) is 8.31. The first-order valence-corrected chi connectivity index (χ1v) is 15.5. The van der Waals surface area contributed by atoms with E-state index < -0.39 is 0 Å². The van der Waals surface area contributed by atoms with Crippen molar-refractivity contribution in [3.63, 3.8) is 0 Å². The fraction of sp³-hybridized carbons (Fsp3) is 0.441. The van der Waals surface area contributed by atoms with E-state index in [0.29, 0.717) is 23.2 Å². The minimum atomic E-state index is -0.344. The van der Waals surface area contributed by atoms with E-state index in [0.717, 1.165) is 75.8 Å². The molecule has 9 heteroatoms. The standard InChI is InChI=1S/C34H40Cl2N2O3.ClH.H2O/c35-30-14-13-29(25-31(30)36)33(16-8-20-38(26-33)32(40)27-9-3-1-4-10-27)15-7-19-37-21-17-34(18-22-37,41-24-23-39)28-11-5-2-6-12-28;;/h1-6,9-14,25,39H,7-8,15-24,26H2;1H;1H2. The van der Waals surface area contributed by atoms with Gasteiger partial charge in [0.2, 0.25) is 0 Å². The number of nitrogens with zero attached hydrogens (tertiary/aromatic N) is 2. The van der Waals surface area contributed by atoms with Gasteiger partial charge in [0, 0.05) is 37.2 Å². The van der Waals surface area contributed by atoms with Crippen molar-refractivity contribution in [3.8, 4) is 0 Å². The third-order valence-corrected chi connectivity index (χ3v) is 9.72. The molecular weight excluding hydrogens is 607 g/mol. The number of benzene rings is 3. The molecule has 2 saturated heterocycles. The lowest BCUT2D eigenvalue weighted by Crippen LogP contribution is -2.49. The van der Waals surface area contributed by atoms with Gasteiger partial charge in [-0.05, 0) is 80.5 Å². The zero-order valence-electron chi connectivity index (χ0n) is 24.5. The number of piperidine rings is 2. The lowest BCUT2D eigenvalue weighted by Gasteiger charge is -2.45. The van der Waals surface area contributed by atoms with Crippen LogP contribution in [0.15, 0.2) is 78.9 Å². The van der Waals surface area contributed by atoms with Gasteiger partial charge in [0.05, 0.1) is 28.9 Å². The Morgan fingerprint density at radius 3 is 2.19 bits per heavy atom. The van der Waals surface area contributed by atoms with E-state index in [2.05, 4.69) is 35.2 Å². The van der Waals surface area contributed by atoms with Gasteiger partial charge in [-0.3, -0.25) is 4.79 Å². The molecule has 1 amide bonds. The van der Waals surface area contributed by atoms with Crippen LogP contribution in [0.5, 0.6) is 0 Å². The quantitative estimate of drug-likeness (QED) is 0.270. The topological polar surface area (TPSA) is 84.5 Å². The number of ether oxygens (including phenoxy) is 1.